The molecule has 132 valence electrons. The van der Waals surface area contributed by atoms with Crippen LogP contribution in [0.25, 0.3) is 0 Å². The average molecular weight is 359 g/mol. The molecule has 0 aliphatic carbocycles. The molecule has 0 N–H and O–H groups in total. The molecule has 25 heavy (non-hydrogen) atoms. The molecule has 0 unspecified atom stereocenters. The third-order valence-electron chi connectivity index (χ3n) is 4.49. The molecule has 2 aromatic rings. The summed E-state index contributed by atoms with van der Waals surface area (Å²) in [5.74, 6) is 0.866. The summed E-state index contributed by atoms with van der Waals surface area (Å²) in [6, 6.07) is 13.3. The lowest BCUT2D eigenvalue weighted by Crippen LogP contribution is -2.49. The van der Waals surface area contributed by atoms with Crippen molar-refractivity contribution in [3.63, 3.8) is 0 Å². The van der Waals surface area contributed by atoms with Gasteiger partial charge in [0.25, 0.3) is 5.91 Å². The van der Waals surface area contributed by atoms with Crippen molar-refractivity contribution in [2.75, 3.05) is 37.7 Å². The zero-order valence-electron chi connectivity index (χ0n) is 14.7. The number of anilines is 1. The summed E-state index contributed by atoms with van der Waals surface area (Å²) < 4.78 is 5.43. The second kappa shape index (κ2) is 7.79. The summed E-state index contributed by atoms with van der Waals surface area (Å²) in [5.41, 5.74) is 3.06. The summed E-state index contributed by atoms with van der Waals surface area (Å²) in [4.78, 5) is 16.9. The summed E-state index contributed by atoms with van der Waals surface area (Å²) in [7, 11) is 0. The van der Waals surface area contributed by atoms with Crippen molar-refractivity contribution in [1.29, 1.82) is 0 Å². The van der Waals surface area contributed by atoms with E-state index < -0.39 is 0 Å². The first-order chi connectivity index (χ1) is 12.1. The van der Waals surface area contributed by atoms with Crippen LogP contribution in [0, 0.1) is 6.92 Å². The van der Waals surface area contributed by atoms with Crippen molar-refractivity contribution >= 4 is 23.2 Å². The number of hydrogen-bond acceptors (Lipinski definition) is 3. The number of benzene rings is 2. The van der Waals surface area contributed by atoms with Gasteiger partial charge >= 0.3 is 0 Å². The molecule has 4 nitrogen and oxygen atoms in total. The second-order valence-corrected chi connectivity index (χ2v) is 6.60. The van der Waals surface area contributed by atoms with E-state index in [4.69, 9.17) is 16.3 Å². The van der Waals surface area contributed by atoms with E-state index in [0.29, 0.717) is 25.3 Å². The van der Waals surface area contributed by atoms with Gasteiger partial charge in [0, 0.05) is 42.5 Å². The Kier molecular flexibility index (Phi) is 5.49. The van der Waals surface area contributed by atoms with Gasteiger partial charge in [-0.25, -0.2) is 0 Å². The third-order valence-corrected chi connectivity index (χ3v) is 4.73. The van der Waals surface area contributed by atoms with Crippen LogP contribution in [-0.4, -0.2) is 43.6 Å². The largest absolute Gasteiger partial charge is 0.494 e. The molecule has 1 heterocycles. The van der Waals surface area contributed by atoms with Crippen molar-refractivity contribution in [2.24, 2.45) is 0 Å². The van der Waals surface area contributed by atoms with Gasteiger partial charge in [0.1, 0.15) is 5.75 Å². The number of nitrogens with zero attached hydrogens (tertiary/aromatic N) is 2. The highest BCUT2D eigenvalue weighted by atomic mass is 35.5. The van der Waals surface area contributed by atoms with Crippen molar-refractivity contribution in [1.82, 2.24) is 4.90 Å². The highest BCUT2D eigenvalue weighted by molar-refractivity contribution is 6.30. The van der Waals surface area contributed by atoms with Gasteiger partial charge in [0.2, 0.25) is 0 Å². The number of carbonyl (C=O) groups excluding carboxylic acids is 1. The van der Waals surface area contributed by atoms with Crippen LogP contribution in [0.2, 0.25) is 5.02 Å². The Labute approximate surface area is 154 Å². The normalized spacial score (nSPS) is 14.5. The molecule has 1 aliphatic rings. The van der Waals surface area contributed by atoms with E-state index in [9.17, 15) is 4.79 Å². The number of halogens is 1. The van der Waals surface area contributed by atoms with Crippen LogP contribution in [0.1, 0.15) is 22.8 Å². The Balaban J connectivity index is 1.63. The number of ether oxygens (including phenoxy) is 1. The van der Waals surface area contributed by atoms with Crippen LogP contribution in [0.15, 0.2) is 42.5 Å². The maximum absolute atomic E-state index is 12.7. The molecule has 0 atom stereocenters. The summed E-state index contributed by atoms with van der Waals surface area (Å²) >= 11 is 6.13. The van der Waals surface area contributed by atoms with Gasteiger partial charge < -0.3 is 14.5 Å². The van der Waals surface area contributed by atoms with Crippen LogP contribution in [0.3, 0.4) is 0 Å². The number of amides is 1. The smallest absolute Gasteiger partial charge is 0.253 e. The molecular formula is C20H23ClN2O2. The Morgan fingerprint density at radius 3 is 2.40 bits per heavy atom. The lowest BCUT2D eigenvalue weighted by molar-refractivity contribution is 0.0746. The zero-order chi connectivity index (χ0) is 17.8. The SMILES string of the molecule is CCOc1ccc(C(=O)N2CCN(c3cc(Cl)ccc3C)CC2)cc1. The van der Waals surface area contributed by atoms with Gasteiger partial charge in [-0.2, -0.15) is 0 Å². The molecule has 1 amide bonds. The van der Waals surface area contributed by atoms with Gasteiger partial charge in [-0.1, -0.05) is 17.7 Å². The topological polar surface area (TPSA) is 32.8 Å². The monoisotopic (exact) mass is 358 g/mol. The van der Waals surface area contributed by atoms with Crippen LogP contribution in [-0.2, 0) is 0 Å². The maximum atomic E-state index is 12.7. The fourth-order valence-electron chi connectivity index (χ4n) is 3.12. The Morgan fingerprint density at radius 1 is 1.08 bits per heavy atom. The van der Waals surface area contributed by atoms with Crippen LogP contribution in [0.5, 0.6) is 5.75 Å². The molecular weight excluding hydrogens is 336 g/mol. The second-order valence-electron chi connectivity index (χ2n) is 6.17. The number of aryl methyl sites for hydroxylation is 1. The first kappa shape index (κ1) is 17.6. The molecule has 0 radical (unpaired) electrons. The molecule has 1 saturated heterocycles. The summed E-state index contributed by atoms with van der Waals surface area (Å²) in [6.45, 7) is 7.69. The van der Waals surface area contributed by atoms with Crippen molar-refractivity contribution in [3.8, 4) is 5.75 Å². The van der Waals surface area contributed by atoms with E-state index in [0.717, 1.165) is 29.5 Å². The predicted octanol–water partition coefficient (Wildman–Crippen LogP) is 4.01. The number of carbonyl (C=O) groups is 1. The van der Waals surface area contributed by atoms with E-state index in [1.807, 2.05) is 54.3 Å². The average Bonchev–Trinajstić information content (AvgIpc) is 2.64. The molecule has 0 aromatic heterocycles. The van der Waals surface area contributed by atoms with E-state index in [-0.39, 0.29) is 5.91 Å². The molecule has 0 spiro atoms. The highest BCUT2D eigenvalue weighted by Crippen LogP contribution is 2.25. The lowest BCUT2D eigenvalue weighted by Gasteiger charge is -2.37. The third kappa shape index (κ3) is 4.07. The van der Waals surface area contributed by atoms with Crippen LogP contribution in [0.4, 0.5) is 5.69 Å². The molecule has 1 aliphatic heterocycles. The first-order valence-corrected chi connectivity index (χ1v) is 8.99. The summed E-state index contributed by atoms with van der Waals surface area (Å²) in [5, 5.41) is 0.744. The van der Waals surface area contributed by atoms with Gasteiger partial charge in [-0.3, -0.25) is 4.79 Å². The Bertz CT molecular complexity index is 738. The fraction of sp³-hybridized carbons (Fsp3) is 0.350. The van der Waals surface area contributed by atoms with Gasteiger partial charge in [0.05, 0.1) is 6.61 Å². The number of hydrogen-bond donors (Lipinski definition) is 0. The molecule has 0 saturated carbocycles. The standard InChI is InChI=1S/C20H23ClN2O2/c1-3-25-18-8-5-16(6-9-18)20(24)23-12-10-22(11-13-23)19-14-17(21)7-4-15(19)2/h4-9,14H,3,10-13H2,1-2H3. The Hall–Kier alpha value is -2.20. The van der Waals surface area contributed by atoms with Crippen molar-refractivity contribution < 1.29 is 9.53 Å². The molecule has 0 bridgehead atoms. The first-order valence-electron chi connectivity index (χ1n) is 8.61. The number of piperazine rings is 1. The lowest BCUT2D eigenvalue weighted by atomic mass is 10.1. The molecule has 2 aromatic carbocycles. The van der Waals surface area contributed by atoms with Gasteiger partial charge in [0.15, 0.2) is 0 Å². The predicted molar refractivity (Wildman–Crippen MR) is 102 cm³/mol. The van der Waals surface area contributed by atoms with Crippen LogP contribution < -0.4 is 9.64 Å². The minimum Gasteiger partial charge on any atom is -0.494 e. The zero-order valence-corrected chi connectivity index (χ0v) is 15.4. The van der Waals surface area contributed by atoms with E-state index in [1.165, 1.54) is 5.56 Å². The van der Waals surface area contributed by atoms with Crippen LogP contribution >= 0.6 is 11.6 Å². The molecule has 3 rings (SSSR count). The van der Waals surface area contributed by atoms with Crippen molar-refractivity contribution in [2.45, 2.75) is 13.8 Å². The fourth-order valence-corrected chi connectivity index (χ4v) is 3.28. The molecule has 5 heteroatoms. The Morgan fingerprint density at radius 2 is 1.76 bits per heavy atom. The molecule has 1 fully saturated rings. The van der Waals surface area contributed by atoms with Gasteiger partial charge in [-0.15, -0.1) is 0 Å². The quantitative estimate of drug-likeness (QED) is 0.827. The minimum absolute atomic E-state index is 0.0746. The summed E-state index contributed by atoms with van der Waals surface area (Å²) in [6.07, 6.45) is 0. The van der Waals surface area contributed by atoms with E-state index in [1.54, 1.807) is 0 Å². The van der Waals surface area contributed by atoms with E-state index in [2.05, 4.69) is 11.8 Å². The number of rotatable bonds is 4. The van der Waals surface area contributed by atoms with Gasteiger partial charge in [-0.05, 0) is 55.8 Å². The maximum Gasteiger partial charge on any atom is 0.253 e. The van der Waals surface area contributed by atoms with E-state index >= 15 is 0 Å². The minimum atomic E-state index is 0.0746. The van der Waals surface area contributed by atoms with Crippen molar-refractivity contribution in [3.05, 3.63) is 58.6 Å². The highest BCUT2D eigenvalue weighted by Gasteiger charge is 2.23.